The first-order chi connectivity index (χ1) is 5.06. The first kappa shape index (κ1) is 8.49. The van der Waals surface area contributed by atoms with Crippen molar-refractivity contribution < 1.29 is 0 Å². The van der Waals surface area contributed by atoms with E-state index in [1.54, 1.807) is 0 Å². The predicted octanol–water partition coefficient (Wildman–Crippen LogP) is 1.31. The summed E-state index contributed by atoms with van der Waals surface area (Å²) in [7, 11) is 0. The molecule has 0 aliphatic heterocycles. The molecular formula is C7H13N3S. The molecule has 1 heterocycles. The van der Waals surface area contributed by atoms with E-state index in [1.807, 2.05) is 19.2 Å². The maximum Gasteiger partial charge on any atom is 0.180 e. The molecule has 11 heavy (non-hydrogen) atoms. The number of rotatable bonds is 2. The summed E-state index contributed by atoms with van der Waals surface area (Å²) < 4.78 is 0. The molecule has 1 unspecified atom stereocenters. The van der Waals surface area contributed by atoms with Gasteiger partial charge in [0.2, 0.25) is 0 Å². The number of nitrogens with zero attached hydrogens (tertiary/aromatic N) is 1. The van der Waals surface area contributed by atoms with Crippen molar-refractivity contribution in [1.82, 2.24) is 4.98 Å². The normalized spacial score (nSPS) is 16.3. The molecule has 4 N–H and O–H groups in total. The van der Waals surface area contributed by atoms with E-state index < -0.39 is 0 Å². The summed E-state index contributed by atoms with van der Waals surface area (Å²) >= 11 is 1.43. The van der Waals surface area contributed by atoms with Gasteiger partial charge in [0.1, 0.15) is 0 Å². The lowest BCUT2D eigenvalue weighted by atomic mass is 9.97. The Morgan fingerprint density at radius 3 is 2.73 bits per heavy atom. The first-order valence-corrected chi connectivity index (χ1v) is 4.44. The lowest BCUT2D eigenvalue weighted by Gasteiger charge is -2.19. The summed E-state index contributed by atoms with van der Waals surface area (Å²) in [5.41, 5.74) is 12.0. The molecule has 62 valence electrons. The number of hydrogen-bond donors (Lipinski definition) is 2. The zero-order chi connectivity index (χ0) is 8.48. The van der Waals surface area contributed by atoms with Crippen LogP contribution in [0, 0.1) is 0 Å². The molecule has 3 nitrogen and oxygen atoms in total. The highest BCUT2D eigenvalue weighted by Crippen LogP contribution is 2.23. The Bertz CT molecular complexity index is 242. The van der Waals surface area contributed by atoms with Crippen molar-refractivity contribution in [3.63, 3.8) is 0 Å². The smallest absolute Gasteiger partial charge is 0.180 e. The second-order valence-corrected chi connectivity index (χ2v) is 3.73. The summed E-state index contributed by atoms with van der Waals surface area (Å²) in [5.74, 6) is 0. The van der Waals surface area contributed by atoms with Crippen LogP contribution >= 0.6 is 11.3 Å². The van der Waals surface area contributed by atoms with Crippen LogP contribution in [0.1, 0.15) is 26.0 Å². The van der Waals surface area contributed by atoms with E-state index in [9.17, 15) is 0 Å². The molecule has 0 aliphatic rings. The molecule has 0 bridgehead atoms. The van der Waals surface area contributed by atoms with Gasteiger partial charge in [-0.15, -0.1) is 11.3 Å². The fraction of sp³-hybridized carbons (Fsp3) is 0.571. The highest BCUT2D eigenvalue weighted by atomic mass is 32.1. The van der Waals surface area contributed by atoms with Gasteiger partial charge in [0.05, 0.1) is 11.2 Å². The molecule has 0 saturated heterocycles. The molecule has 4 heteroatoms. The number of hydrogen-bond acceptors (Lipinski definition) is 4. The predicted molar refractivity (Wildman–Crippen MR) is 48.4 cm³/mol. The number of thiazole rings is 1. The van der Waals surface area contributed by atoms with Crippen molar-refractivity contribution in [2.45, 2.75) is 25.8 Å². The minimum absolute atomic E-state index is 0.325. The number of nitrogens with two attached hydrogens (primary N) is 2. The highest BCUT2D eigenvalue weighted by molar-refractivity contribution is 7.13. The van der Waals surface area contributed by atoms with Gasteiger partial charge in [-0.25, -0.2) is 4.98 Å². The Morgan fingerprint density at radius 1 is 1.73 bits per heavy atom. The van der Waals surface area contributed by atoms with Crippen LogP contribution in [-0.4, -0.2) is 4.98 Å². The molecular weight excluding hydrogens is 158 g/mol. The van der Waals surface area contributed by atoms with Crippen LogP contribution in [0.4, 0.5) is 5.13 Å². The van der Waals surface area contributed by atoms with Crippen molar-refractivity contribution in [2.75, 3.05) is 5.73 Å². The average Bonchev–Trinajstić information content (AvgIpc) is 2.36. The van der Waals surface area contributed by atoms with Gasteiger partial charge in [0.25, 0.3) is 0 Å². The van der Waals surface area contributed by atoms with Crippen molar-refractivity contribution >= 4 is 16.5 Å². The largest absolute Gasteiger partial charge is 0.375 e. The van der Waals surface area contributed by atoms with Crippen molar-refractivity contribution in [2.24, 2.45) is 5.73 Å². The zero-order valence-electron chi connectivity index (χ0n) is 6.79. The third kappa shape index (κ3) is 1.70. The van der Waals surface area contributed by atoms with Crippen LogP contribution in [0.3, 0.4) is 0 Å². The Hall–Kier alpha value is -0.610. The molecule has 0 fully saturated rings. The summed E-state index contributed by atoms with van der Waals surface area (Å²) in [6.45, 7) is 4.00. The van der Waals surface area contributed by atoms with Crippen LogP contribution in [0.25, 0.3) is 0 Å². The molecule has 1 rings (SSSR count). The van der Waals surface area contributed by atoms with Crippen molar-refractivity contribution in [3.05, 3.63) is 11.1 Å². The average molecular weight is 171 g/mol. The fourth-order valence-electron chi connectivity index (χ4n) is 0.731. The summed E-state index contributed by atoms with van der Waals surface area (Å²) in [5, 5.41) is 2.50. The van der Waals surface area contributed by atoms with Crippen LogP contribution < -0.4 is 11.5 Å². The van der Waals surface area contributed by atoms with Gasteiger partial charge >= 0.3 is 0 Å². The Labute approximate surface area is 70.4 Å². The van der Waals surface area contributed by atoms with Crippen LogP contribution in [-0.2, 0) is 5.54 Å². The molecule has 0 spiro atoms. The summed E-state index contributed by atoms with van der Waals surface area (Å²) in [6, 6.07) is 0. The van der Waals surface area contributed by atoms with E-state index in [-0.39, 0.29) is 5.54 Å². The maximum atomic E-state index is 5.94. The second kappa shape index (κ2) is 2.79. The highest BCUT2D eigenvalue weighted by Gasteiger charge is 2.21. The number of aromatic nitrogens is 1. The van der Waals surface area contributed by atoms with Gasteiger partial charge < -0.3 is 11.5 Å². The van der Waals surface area contributed by atoms with E-state index in [1.165, 1.54) is 11.3 Å². The SMILES string of the molecule is CCC(C)(N)c1csc(N)n1. The molecule has 0 aliphatic carbocycles. The maximum absolute atomic E-state index is 5.94. The Balaban J connectivity index is 2.92. The van der Waals surface area contributed by atoms with Gasteiger partial charge in [0.15, 0.2) is 5.13 Å². The second-order valence-electron chi connectivity index (χ2n) is 2.84. The van der Waals surface area contributed by atoms with Gasteiger partial charge in [-0.3, -0.25) is 0 Å². The van der Waals surface area contributed by atoms with E-state index in [4.69, 9.17) is 11.5 Å². The molecule has 0 radical (unpaired) electrons. The molecule has 1 atom stereocenters. The minimum atomic E-state index is -0.325. The third-order valence-electron chi connectivity index (χ3n) is 1.84. The molecule has 1 aromatic heterocycles. The third-order valence-corrected chi connectivity index (χ3v) is 2.52. The standard InChI is InChI=1S/C7H13N3S/c1-3-7(2,9)5-4-11-6(8)10-5/h4H,3,9H2,1-2H3,(H2,8,10). The summed E-state index contributed by atoms with van der Waals surface area (Å²) in [6.07, 6.45) is 0.871. The lowest BCUT2D eigenvalue weighted by Crippen LogP contribution is -2.32. The zero-order valence-corrected chi connectivity index (χ0v) is 7.61. The van der Waals surface area contributed by atoms with E-state index in [0.717, 1.165) is 12.1 Å². The van der Waals surface area contributed by atoms with Gasteiger partial charge in [-0.1, -0.05) is 6.92 Å². The van der Waals surface area contributed by atoms with Crippen molar-refractivity contribution in [3.8, 4) is 0 Å². The molecule has 0 saturated carbocycles. The monoisotopic (exact) mass is 171 g/mol. The van der Waals surface area contributed by atoms with Crippen LogP contribution in [0.5, 0.6) is 0 Å². The van der Waals surface area contributed by atoms with Gasteiger partial charge in [0, 0.05) is 5.38 Å². The molecule has 0 amide bonds. The topological polar surface area (TPSA) is 64.9 Å². The van der Waals surface area contributed by atoms with E-state index in [0.29, 0.717) is 5.13 Å². The van der Waals surface area contributed by atoms with E-state index in [2.05, 4.69) is 4.98 Å². The minimum Gasteiger partial charge on any atom is -0.375 e. The Kier molecular flexibility index (Phi) is 2.15. The van der Waals surface area contributed by atoms with Crippen LogP contribution in [0.15, 0.2) is 5.38 Å². The molecule has 1 aromatic rings. The number of nitrogen functional groups attached to an aromatic ring is 1. The van der Waals surface area contributed by atoms with Gasteiger partial charge in [-0.2, -0.15) is 0 Å². The lowest BCUT2D eigenvalue weighted by molar-refractivity contribution is 0.465. The van der Waals surface area contributed by atoms with Crippen molar-refractivity contribution in [1.29, 1.82) is 0 Å². The summed E-state index contributed by atoms with van der Waals surface area (Å²) in [4.78, 5) is 4.12. The fourth-order valence-corrected chi connectivity index (χ4v) is 1.44. The van der Waals surface area contributed by atoms with E-state index >= 15 is 0 Å². The number of anilines is 1. The first-order valence-electron chi connectivity index (χ1n) is 3.56. The molecule has 0 aromatic carbocycles. The van der Waals surface area contributed by atoms with Gasteiger partial charge in [-0.05, 0) is 13.3 Å². The Morgan fingerprint density at radius 2 is 2.36 bits per heavy atom. The quantitative estimate of drug-likeness (QED) is 0.705. The van der Waals surface area contributed by atoms with Crippen LogP contribution in [0.2, 0.25) is 0 Å².